The lowest BCUT2D eigenvalue weighted by atomic mass is 9.98. The van der Waals surface area contributed by atoms with E-state index in [1.54, 1.807) is 0 Å². The summed E-state index contributed by atoms with van der Waals surface area (Å²) < 4.78 is 16.0. The largest absolute Gasteiger partial charge is 0.464 e. The molecule has 0 spiro atoms. The molecule has 0 aliphatic rings. The Bertz CT molecular complexity index is 594. The summed E-state index contributed by atoms with van der Waals surface area (Å²) in [6.07, 6.45) is 13.2. The third kappa shape index (κ3) is 18.3. The SMILES string of the molecule is CCCCCCCCCCCCCC[C@@H](OC(C)=O)[C@H](OC(C)=O)[C@@H](COC(C)=O)NC(C)=O. The van der Waals surface area contributed by atoms with E-state index in [1.165, 1.54) is 85.5 Å². The highest BCUT2D eigenvalue weighted by atomic mass is 16.6. The van der Waals surface area contributed by atoms with Gasteiger partial charge in [0.15, 0.2) is 6.10 Å². The van der Waals surface area contributed by atoms with Crippen molar-refractivity contribution in [3.63, 3.8) is 0 Å². The Morgan fingerprint density at radius 1 is 0.647 bits per heavy atom. The Hall–Kier alpha value is -2.12. The summed E-state index contributed by atoms with van der Waals surface area (Å²) in [6.45, 7) is 7.15. The lowest BCUT2D eigenvalue weighted by Crippen LogP contribution is -2.53. The smallest absolute Gasteiger partial charge is 0.303 e. The number of nitrogens with one attached hydrogen (secondary N) is 1. The number of hydrogen-bond acceptors (Lipinski definition) is 7. The quantitative estimate of drug-likeness (QED) is 0.147. The van der Waals surface area contributed by atoms with Crippen LogP contribution in [0.25, 0.3) is 0 Å². The van der Waals surface area contributed by atoms with E-state index in [4.69, 9.17) is 14.2 Å². The van der Waals surface area contributed by atoms with Gasteiger partial charge in [-0.05, 0) is 12.8 Å². The van der Waals surface area contributed by atoms with Crippen molar-refractivity contribution in [3.05, 3.63) is 0 Å². The maximum absolute atomic E-state index is 11.8. The van der Waals surface area contributed by atoms with Crippen molar-refractivity contribution >= 4 is 23.8 Å². The van der Waals surface area contributed by atoms with E-state index in [-0.39, 0.29) is 12.5 Å². The molecule has 8 heteroatoms. The average molecular weight is 486 g/mol. The van der Waals surface area contributed by atoms with E-state index in [0.29, 0.717) is 6.42 Å². The van der Waals surface area contributed by atoms with Gasteiger partial charge in [-0.1, -0.05) is 77.6 Å². The first-order valence-electron chi connectivity index (χ1n) is 12.9. The zero-order valence-corrected chi connectivity index (χ0v) is 22.0. The van der Waals surface area contributed by atoms with E-state index >= 15 is 0 Å². The van der Waals surface area contributed by atoms with Crippen LogP contribution in [0.4, 0.5) is 0 Å². The van der Waals surface area contributed by atoms with Gasteiger partial charge in [-0.25, -0.2) is 0 Å². The Morgan fingerprint density at radius 3 is 1.53 bits per heavy atom. The molecule has 1 amide bonds. The zero-order valence-electron chi connectivity index (χ0n) is 22.0. The molecule has 0 aliphatic carbocycles. The predicted molar refractivity (Wildman–Crippen MR) is 131 cm³/mol. The van der Waals surface area contributed by atoms with Gasteiger partial charge in [0.1, 0.15) is 18.8 Å². The molecule has 0 heterocycles. The molecule has 0 unspecified atom stereocenters. The van der Waals surface area contributed by atoms with E-state index in [0.717, 1.165) is 19.3 Å². The molecule has 198 valence electrons. The highest BCUT2D eigenvalue weighted by Crippen LogP contribution is 2.19. The van der Waals surface area contributed by atoms with E-state index in [9.17, 15) is 19.2 Å². The van der Waals surface area contributed by atoms with Crippen LogP contribution in [0, 0.1) is 0 Å². The lowest BCUT2D eigenvalue weighted by Gasteiger charge is -2.32. The van der Waals surface area contributed by atoms with Crippen LogP contribution in [0.5, 0.6) is 0 Å². The summed E-state index contributed by atoms with van der Waals surface area (Å²) in [7, 11) is 0. The second-order valence-electron chi connectivity index (χ2n) is 9.01. The monoisotopic (exact) mass is 485 g/mol. The molecule has 0 saturated heterocycles. The second-order valence-corrected chi connectivity index (χ2v) is 9.01. The molecule has 0 radical (unpaired) electrons. The summed E-state index contributed by atoms with van der Waals surface area (Å²) in [4.78, 5) is 46.5. The third-order valence-electron chi connectivity index (χ3n) is 5.58. The van der Waals surface area contributed by atoms with Gasteiger partial charge in [0.05, 0.1) is 0 Å². The van der Waals surface area contributed by atoms with Crippen molar-refractivity contribution in [2.24, 2.45) is 0 Å². The fourth-order valence-electron chi connectivity index (χ4n) is 3.99. The summed E-state index contributed by atoms with van der Waals surface area (Å²) in [6, 6.07) is -0.827. The average Bonchev–Trinajstić information content (AvgIpc) is 2.74. The van der Waals surface area contributed by atoms with Gasteiger partial charge in [0.25, 0.3) is 0 Å². The molecule has 8 nitrogen and oxygen atoms in total. The van der Waals surface area contributed by atoms with Gasteiger partial charge in [-0.15, -0.1) is 0 Å². The summed E-state index contributed by atoms with van der Waals surface area (Å²) in [5.74, 6) is -1.98. The standard InChI is InChI=1S/C26H47NO7/c1-6-7-8-9-10-11-12-13-14-15-16-17-18-25(33-22(4)30)26(34-23(5)31)24(27-20(2)28)19-32-21(3)29/h24-26H,6-19H2,1-5H3,(H,27,28)/t24-,25-,26-/m1/s1. The first kappa shape index (κ1) is 31.9. The first-order chi connectivity index (χ1) is 16.2. The molecule has 0 aromatic heterocycles. The molecule has 0 rings (SSSR count). The minimum atomic E-state index is -0.961. The molecule has 1 N–H and O–H groups in total. The topological polar surface area (TPSA) is 108 Å². The molecule has 0 saturated carbocycles. The highest BCUT2D eigenvalue weighted by molar-refractivity contribution is 5.73. The van der Waals surface area contributed by atoms with Crippen LogP contribution in [-0.2, 0) is 33.4 Å². The van der Waals surface area contributed by atoms with Crippen LogP contribution >= 0.6 is 0 Å². The minimum absolute atomic E-state index is 0.191. The molecule has 0 bridgehead atoms. The molecule has 0 aromatic carbocycles. The van der Waals surface area contributed by atoms with E-state index < -0.39 is 36.2 Å². The van der Waals surface area contributed by atoms with Gasteiger partial charge in [-0.3, -0.25) is 19.2 Å². The maximum atomic E-state index is 11.8. The Labute approximate surface area is 205 Å². The number of amides is 1. The first-order valence-corrected chi connectivity index (χ1v) is 12.9. The normalized spacial score (nSPS) is 13.4. The van der Waals surface area contributed by atoms with Gasteiger partial charge in [-0.2, -0.15) is 0 Å². The van der Waals surface area contributed by atoms with Crippen LogP contribution in [0.3, 0.4) is 0 Å². The van der Waals surface area contributed by atoms with Crippen molar-refractivity contribution < 1.29 is 33.4 Å². The predicted octanol–water partition coefficient (Wildman–Crippen LogP) is 5.01. The van der Waals surface area contributed by atoms with Gasteiger partial charge < -0.3 is 19.5 Å². The number of esters is 3. The van der Waals surface area contributed by atoms with E-state index in [2.05, 4.69) is 12.2 Å². The second kappa shape index (κ2) is 20.3. The Kier molecular flexibility index (Phi) is 19.0. The molecule has 3 atom stereocenters. The molecular weight excluding hydrogens is 438 g/mol. The van der Waals surface area contributed by atoms with Gasteiger partial charge in [0.2, 0.25) is 5.91 Å². The van der Waals surface area contributed by atoms with Crippen LogP contribution in [0.2, 0.25) is 0 Å². The van der Waals surface area contributed by atoms with Crippen molar-refractivity contribution in [2.45, 2.75) is 136 Å². The van der Waals surface area contributed by atoms with Crippen molar-refractivity contribution in [2.75, 3.05) is 6.61 Å². The Morgan fingerprint density at radius 2 is 1.12 bits per heavy atom. The van der Waals surface area contributed by atoms with Crippen molar-refractivity contribution in [1.29, 1.82) is 0 Å². The van der Waals surface area contributed by atoms with Gasteiger partial charge >= 0.3 is 17.9 Å². The van der Waals surface area contributed by atoms with Gasteiger partial charge in [0, 0.05) is 27.7 Å². The molecule has 34 heavy (non-hydrogen) atoms. The van der Waals surface area contributed by atoms with Crippen molar-refractivity contribution in [1.82, 2.24) is 5.32 Å². The summed E-state index contributed by atoms with van der Waals surface area (Å²) in [5, 5.41) is 2.66. The number of hydrogen-bond donors (Lipinski definition) is 1. The summed E-state index contributed by atoms with van der Waals surface area (Å²) in [5.41, 5.74) is 0. The van der Waals surface area contributed by atoms with Crippen LogP contribution in [0.1, 0.15) is 118 Å². The van der Waals surface area contributed by atoms with Crippen LogP contribution in [-0.4, -0.2) is 48.7 Å². The lowest BCUT2D eigenvalue weighted by molar-refractivity contribution is -0.171. The zero-order chi connectivity index (χ0) is 25.8. The van der Waals surface area contributed by atoms with E-state index in [1.807, 2.05) is 0 Å². The molecule has 0 aromatic rings. The highest BCUT2D eigenvalue weighted by Gasteiger charge is 2.35. The third-order valence-corrected chi connectivity index (χ3v) is 5.58. The molecule has 0 aliphatic heterocycles. The minimum Gasteiger partial charge on any atom is -0.464 e. The van der Waals surface area contributed by atoms with Crippen LogP contribution < -0.4 is 5.32 Å². The number of unbranched alkanes of at least 4 members (excludes halogenated alkanes) is 11. The maximum Gasteiger partial charge on any atom is 0.303 e. The molecule has 0 fully saturated rings. The number of carbonyl (C=O) groups is 4. The number of carbonyl (C=O) groups excluding carboxylic acids is 4. The number of ether oxygens (including phenoxy) is 3. The Balaban J connectivity index is 4.72. The van der Waals surface area contributed by atoms with Crippen LogP contribution in [0.15, 0.2) is 0 Å². The number of rotatable bonds is 20. The summed E-state index contributed by atoms with van der Waals surface area (Å²) >= 11 is 0. The molecular formula is C26H47NO7. The fraction of sp³-hybridized carbons (Fsp3) is 0.846. The fourth-order valence-corrected chi connectivity index (χ4v) is 3.99. The van der Waals surface area contributed by atoms with Crippen molar-refractivity contribution in [3.8, 4) is 0 Å².